The number of hydrogen-bond acceptors (Lipinski definition) is 3. The number of amides is 2. The predicted octanol–water partition coefficient (Wildman–Crippen LogP) is -0.133. The summed E-state index contributed by atoms with van der Waals surface area (Å²) in [5.74, 6) is 0.0344. The van der Waals surface area contributed by atoms with Gasteiger partial charge in [-0.25, -0.2) is 0 Å². The number of carbonyl (C=O) groups excluding carboxylic acids is 2. The topological polar surface area (TPSA) is 61.4 Å². The highest BCUT2D eigenvalue weighted by molar-refractivity contribution is 5.85. The average Bonchev–Trinajstić information content (AvgIpc) is 2.97. The number of hydrogen-bond donors (Lipinski definition) is 2. The molecule has 5 nitrogen and oxygen atoms in total. The van der Waals surface area contributed by atoms with Gasteiger partial charge in [-0.1, -0.05) is 0 Å². The van der Waals surface area contributed by atoms with Crippen LogP contribution in [0.15, 0.2) is 0 Å². The molecule has 1 unspecified atom stereocenters. The van der Waals surface area contributed by atoms with Crippen LogP contribution in [0.5, 0.6) is 0 Å². The summed E-state index contributed by atoms with van der Waals surface area (Å²) in [6, 6.07) is 0.303. The molecule has 2 rings (SSSR count). The van der Waals surface area contributed by atoms with Crippen LogP contribution in [0.25, 0.3) is 0 Å². The summed E-state index contributed by atoms with van der Waals surface area (Å²) in [7, 11) is 0. The lowest BCUT2D eigenvalue weighted by Crippen LogP contribution is -2.40. The first-order valence-corrected chi connectivity index (χ1v) is 6.53. The molecule has 96 valence electrons. The van der Waals surface area contributed by atoms with Gasteiger partial charge in [-0.05, 0) is 32.2 Å². The number of rotatable bonds is 4. The second-order valence-electron chi connectivity index (χ2n) is 4.86. The van der Waals surface area contributed by atoms with E-state index >= 15 is 0 Å². The van der Waals surface area contributed by atoms with Gasteiger partial charge in [0.25, 0.3) is 0 Å². The van der Waals surface area contributed by atoms with E-state index in [1.54, 1.807) is 0 Å². The molecular weight excluding hydrogens is 218 g/mol. The van der Waals surface area contributed by atoms with Crippen LogP contribution in [0.4, 0.5) is 0 Å². The summed E-state index contributed by atoms with van der Waals surface area (Å²) in [5.41, 5.74) is 0. The van der Waals surface area contributed by atoms with E-state index in [1.807, 2.05) is 4.90 Å². The van der Waals surface area contributed by atoms with Crippen LogP contribution in [0, 0.1) is 0 Å². The molecule has 2 aliphatic heterocycles. The van der Waals surface area contributed by atoms with Crippen molar-refractivity contribution in [2.45, 2.75) is 38.1 Å². The molecule has 2 heterocycles. The lowest BCUT2D eigenvalue weighted by molar-refractivity contribution is -0.132. The van der Waals surface area contributed by atoms with Crippen molar-refractivity contribution in [1.82, 2.24) is 15.5 Å². The molecule has 0 spiro atoms. The van der Waals surface area contributed by atoms with Crippen LogP contribution in [0.3, 0.4) is 0 Å². The van der Waals surface area contributed by atoms with Crippen LogP contribution in [-0.4, -0.2) is 48.9 Å². The zero-order chi connectivity index (χ0) is 12.1. The molecule has 0 aromatic heterocycles. The van der Waals surface area contributed by atoms with Gasteiger partial charge in [-0.2, -0.15) is 0 Å². The average molecular weight is 239 g/mol. The van der Waals surface area contributed by atoms with Crippen LogP contribution >= 0.6 is 0 Å². The Morgan fingerprint density at radius 1 is 1.24 bits per heavy atom. The monoisotopic (exact) mass is 239 g/mol. The third-order valence-corrected chi connectivity index (χ3v) is 3.49. The zero-order valence-corrected chi connectivity index (χ0v) is 10.2. The molecule has 0 bridgehead atoms. The van der Waals surface area contributed by atoms with Crippen molar-refractivity contribution in [3.63, 3.8) is 0 Å². The first kappa shape index (κ1) is 12.4. The molecule has 0 aromatic carbocycles. The van der Waals surface area contributed by atoms with Crippen molar-refractivity contribution < 1.29 is 9.59 Å². The van der Waals surface area contributed by atoms with Gasteiger partial charge in [0.1, 0.15) is 0 Å². The van der Waals surface area contributed by atoms with E-state index in [0.29, 0.717) is 12.5 Å². The Morgan fingerprint density at radius 2 is 2.00 bits per heavy atom. The lowest BCUT2D eigenvalue weighted by atomic mass is 10.1. The maximum atomic E-state index is 11.7. The quantitative estimate of drug-likeness (QED) is 0.718. The number of nitrogens with zero attached hydrogens (tertiary/aromatic N) is 1. The van der Waals surface area contributed by atoms with Crippen LogP contribution in [-0.2, 0) is 9.59 Å². The van der Waals surface area contributed by atoms with E-state index < -0.39 is 0 Å². The molecule has 17 heavy (non-hydrogen) atoms. The maximum absolute atomic E-state index is 11.7. The van der Waals surface area contributed by atoms with Gasteiger partial charge >= 0.3 is 0 Å². The van der Waals surface area contributed by atoms with Gasteiger partial charge in [-0.3, -0.25) is 9.59 Å². The molecule has 2 fully saturated rings. The first-order chi connectivity index (χ1) is 8.25. The molecule has 2 saturated heterocycles. The Kier molecular flexibility index (Phi) is 4.36. The molecule has 2 aliphatic rings. The lowest BCUT2D eigenvalue weighted by Gasteiger charge is -2.16. The van der Waals surface area contributed by atoms with Crippen LogP contribution < -0.4 is 10.6 Å². The summed E-state index contributed by atoms with van der Waals surface area (Å²) >= 11 is 0. The van der Waals surface area contributed by atoms with E-state index in [-0.39, 0.29) is 18.4 Å². The molecular formula is C12H21N3O2. The van der Waals surface area contributed by atoms with Gasteiger partial charge in [0.15, 0.2) is 0 Å². The van der Waals surface area contributed by atoms with Crippen LogP contribution in [0.1, 0.15) is 32.1 Å². The highest BCUT2D eigenvalue weighted by Crippen LogP contribution is 2.09. The van der Waals surface area contributed by atoms with E-state index in [4.69, 9.17) is 0 Å². The second kappa shape index (κ2) is 6.00. The number of nitrogens with one attached hydrogen (secondary N) is 2. The van der Waals surface area contributed by atoms with Gasteiger partial charge < -0.3 is 15.5 Å². The Bertz CT molecular complexity index is 281. The highest BCUT2D eigenvalue weighted by atomic mass is 16.2. The Hall–Kier alpha value is -1.10. The van der Waals surface area contributed by atoms with E-state index in [2.05, 4.69) is 10.6 Å². The first-order valence-electron chi connectivity index (χ1n) is 6.53. The molecule has 5 heteroatoms. The van der Waals surface area contributed by atoms with Crippen molar-refractivity contribution in [1.29, 1.82) is 0 Å². The fourth-order valence-corrected chi connectivity index (χ4v) is 2.48. The van der Waals surface area contributed by atoms with Crippen LogP contribution in [0.2, 0.25) is 0 Å². The zero-order valence-electron chi connectivity index (χ0n) is 10.2. The summed E-state index contributed by atoms with van der Waals surface area (Å²) in [5, 5.41) is 5.99. The normalized spacial score (nSPS) is 24.0. The molecule has 0 radical (unpaired) electrons. The van der Waals surface area contributed by atoms with Crippen molar-refractivity contribution in [3.05, 3.63) is 0 Å². The van der Waals surface area contributed by atoms with Gasteiger partial charge in [0.05, 0.1) is 6.54 Å². The molecule has 2 amide bonds. The van der Waals surface area contributed by atoms with Gasteiger partial charge in [0.2, 0.25) is 11.8 Å². The molecule has 0 aliphatic carbocycles. The van der Waals surface area contributed by atoms with Crippen molar-refractivity contribution >= 4 is 11.8 Å². The molecule has 0 saturated carbocycles. The largest absolute Gasteiger partial charge is 0.347 e. The van der Waals surface area contributed by atoms with Gasteiger partial charge in [0, 0.05) is 25.6 Å². The van der Waals surface area contributed by atoms with Crippen molar-refractivity contribution in [2.24, 2.45) is 0 Å². The summed E-state index contributed by atoms with van der Waals surface area (Å²) in [6.07, 6.45) is 4.88. The summed E-state index contributed by atoms with van der Waals surface area (Å²) in [4.78, 5) is 25.1. The van der Waals surface area contributed by atoms with E-state index in [1.165, 1.54) is 0 Å². The molecule has 2 N–H and O–H groups in total. The highest BCUT2D eigenvalue weighted by Gasteiger charge is 2.20. The fraction of sp³-hybridized carbons (Fsp3) is 0.833. The second-order valence-corrected chi connectivity index (χ2v) is 4.86. The maximum Gasteiger partial charge on any atom is 0.241 e. The Morgan fingerprint density at radius 3 is 2.65 bits per heavy atom. The van der Waals surface area contributed by atoms with Crippen molar-refractivity contribution in [3.8, 4) is 0 Å². The third kappa shape index (κ3) is 3.70. The minimum atomic E-state index is -0.0167. The molecule has 0 aromatic rings. The standard InChI is InChI=1S/C12H21N3O2/c16-11(8-10-4-3-5-13-10)14-9-12(17)15-6-1-2-7-15/h10,13H,1-9H2,(H,14,16). The Balaban J connectivity index is 1.63. The minimum absolute atomic E-state index is 0.0167. The predicted molar refractivity (Wildman–Crippen MR) is 64.5 cm³/mol. The van der Waals surface area contributed by atoms with Gasteiger partial charge in [-0.15, -0.1) is 0 Å². The number of carbonyl (C=O) groups is 2. The Labute approximate surface area is 102 Å². The van der Waals surface area contributed by atoms with Crippen molar-refractivity contribution in [2.75, 3.05) is 26.2 Å². The SMILES string of the molecule is O=C(CC1CCCN1)NCC(=O)N1CCCC1. The van der Waals surface area contributed by atoms with E-state index in [0.717, 1.165) is 45.3 Å². The molecule has 1 atom stereocenters. The third-order valence-electron chi connectivity index (χ3n) is 3.49. The summed E-state index contributed by atoms with van der Waals surface area (Å²) < 4.78 is 0. The fourth-order valence-electron chi connectivity index (χ4n) is 2.48. The minimum Gasteiger partial charge on any atom is -0.347 e. The number of likely N-dealkylation sites (tertiary alicyclic amines) is 1. The smallest absolute Gasteiger partial charge is 0.241 e. The summed E-state index contributed by atoms with van der Waals surface area (Å²) in [6.45, 7) is 2.86. The van der Waals surface area contributed by atoms with E-state index in [9.17, 15) is 9.59 Å².